The van der Waals surface area contributed by atoms with Gasteiger partial charge in [-0.15, -0.1) is 0 Å². The Kier molecular flexibility index (Phi) is 4.64. The third-order valence-corrected chi connectivity index (χ3v) is 4.96. The van der Waals surface area contributed by atoms with Crippen LogP contribution in [0.15, 0.2) is 24.3 Å². The van der Waals surface area contributed by atoms with Gasteiger partial charge < -0.3 is 5.73 Å². The lowest BCUT2D eigenvalue weighted by atomic mass is 9.92. The highest BCUT2D eigenvalue weighted by Gasteiger charge is 2.40. The van der Waals surface area contributed by atoms with Gasteiger partial charge in [0.15, 0.2) is 0 Å². The van der Waals surface area contributed by atoms with Gasteiger partial charge >= 0.3 is 0 Å². The van der Waals surface area contributed by atoms with E-state index in [2.05, 4.69) is 50.1 Å². The normalized spacial score (nSPS) is 27.1. The zero-order valence-electron chi connectivity index (χ0n) is 12.7. The third kappa shape index (κ3) is 3.18. The summed E-state index contributed by atoms with van der Waals surface area (Å²) in [6.45, 7) is 6.25. The predicted octanol–water partition coefficient (Wildman–Crippen LogP) is 3.33. The Morgan fingerprint density at radius 1 is 1.42 bits per heavy atom. The van der Waals surface area contributed by atoms with Crippen LogP contribution in [0.25, 0.3) is 0 Å². The fourth-order valence-electron chi connectivity index (χ4n) is 3.50. The van der Waals surface area contributed by atoms with Crippen LogP contribution in [0.2, 0.25) is 0 Å². The summed E-state index contributed by atoms with van der Waals surface area (Å²) in [4.78, 5) is 2.50. The molecule has 2 rings (SSSR count). The van der Waals surface area contributed by atoms with Crippen molar-refractivity contribution in [1.82, 2.24) is 4.90 Å². The van der Waals surface area contributed by atoms with Crippen molar-refractivity contribution in [3.63, 3.8) is 0 Å². The van der Waals surface area contributed by atoms with Gasteiger partial charge in [0, 0.05) is 18.6 Å². The van der Waals surface area contributed by atoms with Crippen LogP contribution in [0.3, 0.4) is 0 Å². The van der Waals surface area contributed by atoms with E-state index in [4.69, 9.17) is 5.73 Å². The summed E-state index contributed by atoms with van der Waals surface area (Å²) in [7, 11) is 2.24. The van der Waals surface area contributed by atoms with E-state index in [0.717, 1.165) is 19.0 Å². The molecule has 0 radical (unpaired) electrons. The molecule has 2 atom stereocenters. The fourth-order valence-corrected chi connectivity index (χ4v) is 3.50. The molecule has 0 bridgehead atoms. The standard InChI is InChI=1S/C17H28N2/c1-4-15-8-9-17(11-15,13-18)19(3)12-16-7-5-6-14(2)10-16/h5-7,10,15H,4,8-9,11-13,18H2,1-3H3. The second kappa shape index (κ2) is 6.06. The molecule has 1 aromatic rings. The summed E-state index contributed by atoms with van der Waals surface area (Å²) in [6, 6.07) is 8.81. The molecule has 0 spiro atoms. The summed E-state index contributed by atoms with van der Waals surface area (Å²) in [5.74, 6) is 0.864. The second-order valence-corrected chi connectivity index (χ2v) is 6.29. The van der Waals surface area contributed by atoms with Crippen LogP contribution in [0.4, 0.5) is 0 Å². The smallest absolute Gasteiger partial charge is 0.0334 e. The molecular weight excluding hydrogens is 232 g/mol. The molecule has 0 amide bonds. The number of hydrogen-bond acceptors (Lipinski definition) is 2. The van der Waals surface area contributed by atoms with E-state index in [1.807, 2.05) is 0 Å². The quantitative estimate of drug-likeness (QED) is 0.880. The minimum atomic E-state index is 0.227. The lowest BCUT2D eigenvalue weighted by Crippen LogP contribution is -2.49. The van der Waals surface area contributed by atoms with Crippen molar-refractivity contribution in [2.45, 2.75) is 51.6 Å². The van der Waals surface area contributed by atoms with Crippen LogP contribution in [0, 0.1) is 12.8 Å². The molecular formula is C17H28N2. The average molecular weight is 260 g/mol. The maximum Gasteiger partial charge on any atom is 0.0334 e. The lowest BCUT2D eigenvalue weighted by molar-refractivity contribution is 0.119. The molecule has 1 aliphatic carbocycles. The van der Waals surface area contributed by atoms with Gasteiger partial charge in [-0.1, -0.05) is 43.2 Å². The number of likely N-dealkylation sites (N-methyl/N-ethyl adjacent to an activating group) is 1. The molecule has 1 fully saturated rings. The fraction of sp³-hybridized carbons (Fsp3) is 0.647. The molecule has 0 aliphatic heterocycles. The first-order chi connectivity index (χ1) is 9.09. The van der Waals surface area contributed by atoms with Crippen LogP contribution >= 0.6 is 0 Å². The summed E-state index contributed by atoms with van der Waals surface area (Å²) < 4.78 is 0. The van der Waals surface area contributed by atoms with Crippen LogP contribution in [-0.4, -0.2) is 24.0 Å². The maximum atomic E-state index is 6.13. The van der Waals surface area contributed by atoms with Gasteiger partial charge in [-0.2, -0.15) is 0 Å². The number of nitrogens with zero attached hydrogens (tertiary/aromatic N) is 1. The molecule has 2 N–H and O–H groups in total. The summed E-state index contributed by atoms with van der Waals surface area (Å²) in [5.41, 5.74) is 9.09. The molecule has 2 nitrogen and oxygen atoms in total. The van der Waals surface area contributed by atoms with Crippen molar-refractivity contribution >= 4 is 0 Å². The first-order valence-electron chi connectivity index (χ1n) is 7.56. The Morgan fingerprint density at radius 3 is 2.79 bits per heavy atom. The van der Waals surface area contributed by atoms with Crippen molar-refractivity contribution < 1.29 is 0 Å². The largest absolute Gasteiger partial charge is 0.329 e. The van der Waals surface area contributed by atoms with E-state index in [-0.39, 0.29) is 5.54 Å². The summed E-state index contributed by atoms with van der Waals surface area (Å²) in [5, 5.41) is 0. The minimum Gasteiger partial charge on any atom is -0.329 e. The number of rotatable bonds is 5. The monoisotopic (exact) mass is 260 g/mol. The minimum absolute atomic E-state index is 0.227. The Hall–Kier alpha value is -0.860. The van der Waals surface area contributed by atoms with Crippen molar-refractivity contribution in [3.8, 4) is 0 Å². The van der Waals surface area contributed by atoms with E-state index in [1.165, 1.54) is 36.8 Å². The van der Waals surface area contributed by atoms with Crippen molar-refractivity contribution in [2.75, 3.05) is 13.6 Å². The Balaban J connectivity index is 2.07. The molecule has 1 saturated carbocycles. The van der Waals surface area contributed by atoms with Gasteiger partial charge in [0.1, 0.15) is 0 Å². The average Bonchev–Trinajstić information content (AvgIpc) is 2.83. The molecule has 2 heteroatoms. The molecule has 0 aromatic heterocycles. The van der Waals surface area contributed by atoms with Crippen molar-refractivity contribution in [2.24, 2.45) is 11.7 Å². The van der Waals surface area contributed by atoms with E-state index >= 15 is 0 Å². The summed E-state index contributed by atoms with van der Waals surface area (Å²) in [6.07, 6.45) is 5.15. The zero-order chi connectivity index (χ0) is 13.9. The van der Waals surface area contributed by atoms with Gasteiger partial charge in [-0.25, -0.2) is 0 Å². The van der Waals surface area contributed by atoms with Crippen LogP contribution in [0.1, 0.15) is 43.7 Å². The van der Waals surface area contributed by atoms with Crippen molar-refractivity contribution in [3.05, 3.63) is 35.4 Å². The van der Waals surface area contributed by atoms with E-state index in [0.29, 0.717) is 0 Å². The Morgan fingerprint density at radius 2 is 2.21 bits per heavy atom. The molecule has 1 aliphatic rings. The predicted molar refractivity (Wildman–Crippen MR) is 82.1 cm³/mol. The molecule has 106 valence electrons. The highest BCUT2D eigenvalue weighted by Crippen LogP contribution is 2.39. The molecule has 0 saturated heterocycles. The highest BCUT2D eigenvalue weighted by molar-refractivity contribution is 5.22. The topological polar surface area (TPSA) is 29.3 Å². The first kappa shape index (κ1) is 14.5. The number of aryl methyl sites for hydroxylation is 1. The molecule has 2 unspecified atom stereocenters. The van der Waals surface area contributed by atoms with Gasteiger partial charge in [0.2, 0.25) is 0 Å². The van der Waals surface area contributed by atoms with Crippen LogP contribution in [0.5, 0.6) is 0 Å². The van der Waals surface area contributed by atoms with Gasteiger partial charge in [0.25, 0.3) is 0 Å². The number of benzene rings is 1. The highest BCUT2D eigenvalue weighted by atomic mass is 15.2. The van der Waals surface area contributed by atoms with Crippen LogP contribution < -0.4 is 5.73 Å². The maximum absolute atomic E-state index is 6.13. The zero-order valence-corrected chi connectivity index (χ0v) is 12.7. The first-order valence-corrected chi connectivity index (χ1v) is 7.56. The lowest BCUT2D eigenvalue weighted by Gasteiger charge is -2.38. The second-order valence-electron chi connectivity index (χ2n) is 6.29. The van der Waals surface area contributed by atoms with E-state index in [1.54, 1.807) is 0 Å². The molecule has 1 aromatic carbocycles. The molecule has 0 heterocycles. The van der Waals surface area contributed by atoms with Crippen LogP contribution in [-0.2, 0) is 6.54 Å². The Bertz CT molecular complexity index is 415. The number of hydrogen-bond donors (Lipinski definition) is 1. The van der Waals surface area contributed by atoms with Gasteiger partial charge in [-0.3, -0.25) is 4.90 Å². The Labute approximate surface area is 118 Å². The van der Waals surface area contributed by atoms with E-state index in [9.17, 15) is 0 Å². The summed E-state index contributed by atoms with van der Waals surface area (Å²) >= 11 is 0. The SMILES string of the molecule is CCC1CCC(CN)(N(C)Cc2cccc(C)c2)C1. The van der Waals surface area contributed by atoms with Crippen molar-refractivity contribution in [1.29, 1.82) is 0 Å². The van der Waals surface area contributed by atoms with Gasteiger partial charge in [-0.05, 0) is 44.7 Å². The molecule has 19 heavy (non-hydrogen) atoms. The van der Waals surface area contributed by atoms with Gasteiger partial charge in [0.05, 0.1) is 0 Å². The third-order valence-electron chi connectivity index (χ3n) is 4.96. The number of nitrogens with two attached hydrogens (primary N) is 1. The van der Waals surface area contributed by atoms with E-state index < -0.39 is 0 Å².